The van der Waals surface area contributed by atoms with Gasteiger partial charge in [0.25, 0.3) is 0 Å². The van der Waals surface area contributed by atoms with Gasteiger partial charge in [-0.05, 0) is 31.6 Å². The molecule has 1 aliphatic carbocycles. The Balaban J connectivity index is 2.60. The summed E-state index contributed by atoms with van der Waals surface area (Å²) in [6.45, 7) is 6.37. The molecule has 0 aromatic heterocycles. The molecule has 0 heterocycles. The second-order valence-electron chi connectivity index (χ2n) is 6.24. The highest BCUT2D eigenvalue weighted by atomic mass is 16.4. The first-order valence-corrected chi connectivity index (χ1v) is 7.42. The van der Waals surface area contributed by atoms with Gasteiger partial charge in [-0.1, -0.05) is 33.6 Å². The van der Waals surface area contributed by atoms with Crippen LogP contribution in [0.25, 0.3) is 0 Å². The minimum atomic E-state index is -0.827. The molecule has 0 saturated heterocycles. The molecule has 0 aliphatic heterocycles. The van der Waals surface area contributed by atoms with Crippen molar-refractivity contribution < 1.29 is 14.7 Å². The fraction of sp³-hybridized carbons (Fsp3) is 0.867. The summed E-state index contributed by atoms with van der Waals surface area (Å²) in [6.07, 6.45) is 5.56. The van der Waals surface area contributed by atoms with Crippen LogP contribution in [0.4, 0.5) is 0 Å². The largest absolute Gasteiger partial charge is 0.481 e. The smallest absolute Gasteiger partial charge is 0.308 e. The van der Waals surface area contributed by atoms with Gasteiger partial charge in [0.15, 0.2) is 0 Å². The zero-order valence-corrected chi connectivity index (χ0v) is 12.4. The summed E-state index contributed by atoms with van der Waals surface area (Å²) < 4.78 is 0. The zero-order valence-electron chi connectivity index (χ0n) is 12.4. The van der Waals surface area contributed by atoms with Crippen LogP contribution in [0.1, 0.15) is 59.3 Å². The van der Waals surface area contributed by atoms with Crippen molar-refractivity contribution in [1.29, 1.82) is 0 Å². The SMILES string of the molecule is CCC(CNC(=O)C1(CC(C)C)CCCC1)C(=O)O. The molecule has 0 aromatic carbocycles. The van der Waals surface area contributed by atoms with E-state index in [2.05, 4.69) is 19.2 Å². The van der Waals surface area contributed by atoms with Gasteiger partial charge in [0.05, 0.1) is 5.92 Å². The number of carboxylic acid groups (broad SMARTS) is 1. The minimum absolute atomic E-state index is 0.0680. The Bertz CT molecular complexity index is 319. The molecule has 0 spiro atoms. The van der Waals surface area contributed by atoms with Crippen molar-refractivity contribution in [2.75, 3.05) is 6.54 Å². The van der Waals surface area contributed by atoms with Crippen LogP contribution in [-0.4, -0.2) is 23.5 Å². The van der Waals surface area contributed by atoms with E-state index in [0.717, 1.165) is 32.1 Å². The summed E-state index contributed by atoms with van der Waals surface area (Å²) in [6, 6.07) is 0. The van der Waals surface area contributed by atoms with Crippen LogP contribution < -0.4 is 5.32 Å². The zero-order chi connectivity index (χ0) is 14.5. The van der Waals surface area contributed by atoms with Crippen molar-refractivity contribution in [3.05, 3.63) is 0 Å². The van der Waals surface area contributed by atoms with Crippen LogP contribution in [0.5, 0.6) is 0 Å². The van der Waals surface area contributed by atoms with Gasteiger partial charge in [-0.15, -0.1) is 0 Å². The molecule has 1 saturated carbocycles. The van der Waals surface area contributed by atoms with Gasteiger partial charge >= 0.3 is 5.97 Å². The Hall–Kier alpha value is -1.06. The lowest BCUT2D eigenvalue weighted by molar-refractivity contribution is -0.142. The van der Waals surface area contributed by atoms with Crippen molar-refractivity contribution in [1.82, 2.24) is 5.32 Å². The van der Waals surface area contributed by atoms with Crippen molar-refractivity contribution >= 4 is 11.9 Å². The Morgan fingerprint density at radius 1 is 1.26 bits per heavy atom. The Morgan fingerprint density at radius 3 is 2.26 bits per heavy atom. The molecule has 110 valence electrons. The van der Waals surface area contributed by atoms with Gasteiger partial charge in [-0.2, -0.15) is 0 Å². The van der Waals surface area contributed by atoms with E-state index in [-0.39, 0.29) is 17.9 Å². The molecule has 2 N–H and O–H groups in total. The molecule has 19 heavy (non-hydrogen) atoms. The van der Waals surface area contributed by atoms with E-state index in [9.17, 15) is 9.59 Å². The van der Waals surface area contributed by atoms with E-state index in [1.807, 2.05) is 6.92 Å². The quantitative estimate of drug-likeness (QED) is 0.747. The average Bonchev–Trinajstić information content (AvgIpc) is 2.78. The topological polar surface area (TPSA) is 66.4 Å². The predicted molar refractivity (Wildman–Crippen MR) is 74.8 cm³/mol. The lowest BCUT2D eigenvalue weighted by Gasteiger charge is -2.30. The van der Waals surface area contributed by atoms with E-state index in [4.69, 9.17) is 5.11 Å². The van der Waals surface area contributed by atoms with Gasteiger partial charge in [0, 0.05) is 12.0 Å². The van der Waals surface area contributed by atoms with E-state index >= 15 is 0 Å². The van der Waals surface area contributed by atoms with Crippen molar-refractivity contribution in [3.63, 3.8) is 0 Å². The van der Waals surface area contributed by atoms with Gasteiger partial charge < -0.3 is 10.4 Å². The van der Waals surface area contributed by atoms with Gasteiger partial charge in [0.2, 0.25) is 5.91 Å². The van der Waals surface area contributed by atoms with E-state index in [0.29, 0.717) is 12.3 Å². The van der Waals surface area contributed by atoms with E-state index < -0.39 is 11.9 Å². The number of carbonyl (C=O) groups excluding carboxylic acids is 1. The molecule has 0 bridgehead atoms. The van der Waals surface area contributed by atoms with Gasteiger partial charge in [-0.25, -0.2) is 0 Å². The third-order valence-electron chi connectivity index (χ3n) is 4.19. The van der Waals surface area contributed by atoms with Crippen molar-refractivity contribution in [2.24, 2.45) is 17.3 Å². The average molecular weight is 269 g/mol. The van der Waals surface area contributed by atoms with Gasteiger partial charge in [-0.3, -0.25) is 9.59 Å². The summed E-state index contributed by atoms with van der Waals surface area (Å²) >= 11 is 0. The van der Waals surface area contributed by atoms with Crippen LogP contribution >= 0.6 is 0 Å². The Morgan fingerprint density at radius 2 is 1.84 bits per heavy atom. The Kier molecular flexibility index (Phi) is 5.83. The Labute approximate surface area is 116 Å². The highest BCUT2D eigenvalue weighted by molar-refractivity contribution is 5.83. The van der Waals surface area contributed by atoms with Crippen LogP contribution in [0.3, 0.4) is 0 Å². The van der Waals surface area contributed by atoms with Gasteiger partial charge in [0.1, 0.15) is 0 Å². The standard InChI is InChI=1S/C15H27NO3/c1-4-12(13(17)18)10-16-14(19)15(9-11(2)3)7-5-6-8-15/h11-12H,4-10H2,1-3H3,(H,16,19)(H,17,18). The summed E-state index contributed by atoms with van der Waals surface area (Å²) in [5.74, 6) is -0.739. The minimum Gasteiger partial charge on any atom is -0.481 e. The lowest BCUT2D eigenvalue weighted by atomic mass is 9.77. The molecular formula is C15H27NO3. The number of nitrogens with one attached hydrogen (secondary N) is 1. The number of amides is 1. The monoisotopic (exact) mass is 269 g/mol. The molecule has 1 rings (SSSR count). The van der Waals surface area contributed by atoms with E-state index in [1.165, 1.54) is 0 Å². The second kappa shape index (κ2) is 6.92. The number of carboxylic acids is 1. The third kappa shape index (κ3) is 4.22. The first-order chi connectivity index (χ1) is 8.91. The number of hydrogen-bond acceptors (Lipinski definition) is 2. The highest BCUT2D eigenvalue weighted by Crippen LogP contribution is 2.43. The maximum atomic E-state index is 12.4. The maximum absolute atomic E-state index is 12.4. The molecule has 1 fully saturated rings. The third-order valence-corrected chi connectivity index (χ3v) is 4.19. The molecule has 0 radical (unpaired) electrons. The van der Waals surface area contributed by atoms with E-state index in [1.54, 1.807) is 0 Å². The summed E-state index contributed by atoms with van der Waals surface area (Å²) in [5.41, 5.74) is -0.245. The molecule has 1 unspecified atom stereocenters. The number of hydrogen-bond donors (Lipinski definition) is 2. The fourth-order valence-corrected chi connectivity index (χ4v) is 3.17. The molecule has 4 nitrogen and oxygen atoms in total. The molecule has 0 aromatic rings. The highest BCUT2D eigenvalue weighted by Gasteiger charge is 2.41. The number of rotatable bonds is 7. The lowest BCUT2D eigenvalue weighted by Crippen LogP contribution is -2.43. The fourth-order valence-electron chi connectivity index (χ4n) is 3.17. The summed E-state index contributed by atoms with van der Waals surface area (Å²) in [7, 11) is 0. The first kappa shape index (κ1) is 16.0. The first-order valence-electron chi connectivity index (χ1n) is 7.42. The summed E-state index contributed by atoms with van der Waals surface area (Å²) in [4.78, 5) is 23.4. The number of carbonyl (C=O) groups is 2. The molecular weight excluding hydrogens is 242 g/mol. The summed E-state index contributed by atoms with van der Waals surface area (Å²) in [5, 5.41) is 11.9. The molecule has 1 amide bonds. The van der Waals surface area contributed by atoms with Crippen LogP contribution in [0.2, 0.25) is 0 Å². The van der Waals surface area contributed by atoms with Crippen LogP contribution in [-0.2, 0) is 9.59 Å². The van der Waals surface area contributed by atoms with Crippen LogP contribution in [0, 0.1) is 17.3 Å². The normalized spacial score (nSPS) is 19.4. The predicted octanol–water partition coefficient (Wildman–Crippen LogP) is 2.82. The molecule has 4 heteroatoms. The number of aliphatic carboxylic acids is 1. The molecule has 1 atom stereocenters. The van der Waals surface area contributed by atoms with Crippen LogP contribution in [0.15, 0.2) is 0 Å². The van der Waals surface area contributed by atoms with Crippen molar-refractivity contribution in [2.45, 2.75) is 59.3 Å². The maximum Gasteiger partial charge on any atom is 0.308 e. The molecule has 1 aliphatic rings. The second-order valence-corrected chi connectivity index (χ2v) is 6.24. The van der Waals surface area contributed by atoms with Crippen molar-refractivity contribution in [3.8, 4) is 0 Å².